The van der Waals surface area contributed by atoms with E-state index < -0.39 is 0 Å². The highest BCUT2D eigenvalue weighted by Gasteiger charge is 1.92. The van der Waals surface area contributed by atoms with E-state index in [9.17, 15) is 9.59 Å². The molecule has 0 amide bonds. The van der Waals surface area contributed by atoms with Gasteiger partial charge in [0.05, 0.1) is 5.76 Å². The van der Waals surface area contributed by atoms with E-state index in [0.717, 1.165) is 0 Å². The topological polar surface area (TPSA) is 52.6 Å². The van der Waals surface area contributed by atoms with Gasteiger partial charge in [-0.2, -0.15) is 0 Å². The van der Waals surface area contributed by atoms with Crippen LogP contribution < -0.4 is 0 Å². The smallest absolute Gasteiger partial charge is 0.293 e. The van der Waals surface area contributed by atoms with Crippen LogP contribution in [0.3, 0.4) is 0 Å². The first-order chi connectivity index (χ1) is 6.20. The summed E-state index contributed by atoms with van der Waals surface area (Å²) in [7, 11) is 0. The van der Waals surface area contributed by atoms with E-state index in [0.29, 0.717) is 24.1 Å². The number of carbonyl (C=O) groups excluding carboxylic acids is 2. The van der Waals surface area contributed by atoms with Crippen molar-refractivity contribution in [3.63, 3.8) is 0 Å². The molecule has 0 aliphatic heterocycles. The monoisotopic (exact) mass is 184 g/mol. The van der Waals surface area contributed by atoms with Crippen molar-refractivity contribution in [3.8, 4) is 0 Å². The Morgan fingerprint density at radius 2 is 2.08 bits per heavy atom. The van der Waals surface area contributed by atoms with Gasteiger partial charge in [0.25, 0.3) is 6.47 Å². The largest absolute Gasteiger partial charge is 0.495 e. The second-order valence-corrected chi connectivity index (χ2v) is 2.26. The van der Waals surface area contributed by atoms with Crippen molar-refractivity contribution >= 4 is 12.8 Å². The van der Waals surface area contributed by atoms with Crippen molar-refractivity contribution in [1.29, 1.82) is 0 Å². The zero-order chi connectivity index (χ0) is 10.1. The third-order valence-corrected chi connectivity index (χ3v) is 1.14. The first kappa shape index (κ1) is 11.4. The number of carbonyl (C=O) groups is 2. The lowest BCUT2D eigenvalue weighted by atomic mass is 10.3. The molecule has 72 valence electrons. The van der Waals surface area contributed by atoms with E-state index in [1.807, 2.05) is 0 Å². The van der Waals surface area contributed by atoms with Crippen LogP contribution in [-0.2, 0) is 19.1 Å². The lowest BCUT2D eigenvalue weighted by Gasteiger charge is -2.04. The highest BCUT2D eigenvalue weighted by molar-refractivity contribution is 5.76. The highest BCUT2D eigenvalue weighted by atomic mass is 16.5. The van der Waals surface area contributed by atoms with Crippen molar-refractivity contribution < 1.29 is 19.1 Å². The van der Waals surface area contributed by atoms with Gasteiger partial charge in [0, 0.05) is 5.57 Å². The third-order valence-electron chi connectivity index (χ3n) is 1.14. The second-order valence-electron chi connectivity index (χ2n) is 2.26. The number of hydrogen-bond acceptors (Lipinski definition) is 4. The summed E-state index contributed by atoms with van der Waals surface area (Å²) < 4.78 is 9.46. The summed E-state index contributed by atoms with van der Waals surface area (Å²) >= 11 is 0. The Kier molecular flexibility index (Phi) is 6.23. The maximum absolute atomic E-state index is 10.1. The Bertz CT molecular complexity index is 218. The van der Waals surface area contributed by atoms with Crippen molar-refractivity contribution in [2.24, 2.45) is 0 Å². The number of allylic oxidation sites excluding steroid dienone is 3. The molecule has 0 N–H and O–H groups in total. The van der Waals surface area contributed by atoms with Gasteiger partial charge >= 0.3 is 0 Å². The zero-order valence-corrected chi connectivity index (χ0v) is 7.49. The molecule has 0 aromatic carbocycles. The quantitative estimate of drug-likeness (QED) is 0.193. The van der Waals surface area contributed by atoms with Crippen LogP contribution >= 0.6 is 0 Å². The van der Waals surface area contributed by atoms with Gasteiger partial charge in [-0.15, -0.1) is 0 Å². The van der Waals surface area contributed by atoms with Gasteiger partial charge in [0.1, 0.15) is 19.5 Å². The van der Waals surface area contributed by atoms with E-state index in [-0.39, 0.29) is 13.2 Å². The minimum atomic E-state index is 0.197. The Morgan fingerprint density at radius 1 is 1.38 bits per heavy atom. The first-order valence-corrected chi connectivity index (χ1v) is 3.71. The van der Waals surface area contributed by atoms with E-state index in [4.69, 9.17) is 4.74 Å². The minimum absolute atomic E-state index is 0.197. The summed E-state index contributed by atoms with van der Waals surface area (Å²) in [5.74, 6) is 0.562. The SMILES string of the molecule is C=C(C=O)/C=C(\C)OCCOC=O. The minimum Gasteiger partial charge on any atom is -0.495 e. The van der Waals surface area contributed by atoms with Crippen molar-refractivity contribution in [3.05, 3.63) is 24.0 Å². The molecule has 0 unspecified atom stereocenters. The summed E-state index contributed by atoms with van der Waals surface area (Å²) in [5, 5.41) is 0. The van der Waals surface area contributed by atoms with Gasteiger partial charge in [-0.25, -0.2) is 0 Å². The average Bonchev–Trinajstić information content (AvgIpc) is 2.12. The van der Waals surface area contributed by atoms with Gasteiger partial charge < -0.3 is 9.47 Å². The lowest BCUT2D eigenvalue weighted by molar-refractivity contribution is -0.129. The first-order valence-electron chi connectivity index (χ1n) is 3.71. The molecule has 13 heavy (non-hydrogen) atoms. The van der Waals surface area contributed by atoms with Crippen molar-refractivity contribution in [1.82, 2.24) is 0 Å². The molecule has 0 aromatic rings. The summed E-state index contributed by atoms with van der Waals surface area (Å²) in [5.41, 5.74) is 0.341. The number of rotatable bonds is 7. The van der Waals surface area contributed by atoms with Crippen LogP contribution in [0.15, 0.2) is 24.0 Å². The third kappa shape index (κ3) is 6.80. The Morgan fingerprint density at radius 3 is 2.62 bits per heavy atom. The predicted octanol–water partition coefficient (Wildman–Crippen LogP) is 0.835. The fourth-order valence-corrected chi connectivity index (χ4v) is 0.636. The van der Waals surface area contributed by atoms with Crippen LogP contribution in [0.2, 0.25) is 0 Å². The number of hydrogen-bond donors (Lipinski definition) is 0. The summed E-state index contributed by atoms with van der Waals surface area (Å²) in [4.78, 5) is 19.9. The average molecular weight is 184 g/mol. The molecule has 0 saturated heterocycles. The molecular formula is C9H12O4. The van der Waals surface area contributed by atoms with Gasteiger partial charge in [-0.3, -0.25) is 9.59 Å². The van der Waals surface area contributed by atoms with Crippen LogP contribution in [0.5, 0.6) is 0 Å². The molecule has 0 heterocycles. The van der Waals surface area contributed by atoms with E-state index >= 15 is 0 Å². The van der Waals surface area contributed by atoms with E-state index in [2.05, 4.69) is 11.3 Å². The molecule has 0 aliphatic carbocycles. The van der Waals surface area contributed by atoms with Crippen LogP contribution in [-0.4, -0.2) is 26.0 Å². The maximum atomic E-state index is 10.1. The normalized spacial score (nSPS) is 10.4. The predicted molar refractivity (Wildman–Crippen MR) is 46.9 cm³/mol. The fraction of sp³-hybridized carbons (Fsp3) is 0.333. The molecule has 4 nitrogen and oxygen atoms in total. The Labute approximate surface area is 76.8 Å². The fourth-order valence-electron chi connectivity index (χ4n) is 0.636. The molecule has 0 atom stereocenters. The van der Waals surface area contributed by atoms with Gasteiger partial charge in [0.2, 0.25) is 0 Å². The molecule has 0 aliphatic rings. The molecule has 0 saturated carbocycles. The van der Waals surface area contributed by atoms with Crippen LogP contribution in [0.4, 0.5) is 0 Å². The lowest BCUT2D eigenvalue weighted by Crippen LogP contribution is -2.01. The van der Waals surface area contributed by atoms with Gasteiger partial charge in [-0.05, 0) is 13.0 Å². The highest BCUT2D eigenvalue weighted by Crippen LogP contribution is 1.99. The zero-order valence-electron chi connectivity index (χ0n) is 7.49. The molecule has 4 heteroatoms. The summed E-state index contributed by atoms with van der Waals surface area (Å²) in [6.45, 7) is 5.96. The molecule has 0 aromatic heterocycles. The Balaban J connectivity index is 3.66. The molecule has 0 spiro atoms. The van der Waals surface area contributed by atoms with E-state index in [1.54, 1.807) is 6.92 Å². The van der Waals surface area contributed by atoms with Crippen molar-refractivity contribution in [2.75, 3.05) is 13.2 Å². The van der Waals surface area contributed by atoms with Gasteiger partial charge in [0.15, 0.2) is 0 Å². The summed E-state index contributed by atoms with van der Waals surface area (Å²) in [6, 6.07) is 0. The molecule has 0 radical (unpaired) electrons. The van der Waals surface area contributed by atoms with Crippen LogP contribution in [0, 0.1) is 0 Å². The standard InChI is InChI=1S/C9H12O4/c1-8(6-10)5-9(2)13-4-3-12-7-11/h5-7H,1,3-4H2,2H3/b9-5+. The molecule has 0 bridgehead atoms. The van der Waals surface area contributed by atoms with E-state index in [1.165, 1.54) is 6.08 Å². The number of aldehydes is 1. The Hall–Kier alpha value is -1.58. The molecular weight excluding hydrogens is 172 g/mol. The van der Waals surface area contributed by atoms with Crippen LogP contribution in [0.25, 0.3) is 0 Å². The van der Waals surface area contributed by atoms with Crippen LogP contribution in [0.1, 0.15) is 6.92 Å². The second kappa shape index (κ2) is 7.09. The summed E-state index contributed by atoms with van der Waals surface area (Å²) in [6.07, 6.45) is 2.14. The maximum Gasteiger partial charge on any atom is 0.293 e. The molecule has 0 rings (SSSR count). The van der Waals surface area contributed by atoms with Gasteiger partial charge in [-0.1, -0.05) is 6.58 Å². The van der Waals surface area contributed by atoms with Crippen molar-refractivity contribution in [2.45, 2.75) is 6.92 Å². The molecule has 0 fully saturated rings. The number of ether oxygens (including phenoxy) is 2.